The molecule has 0 spiro atoms. The Balaban J connectivity index is 1.32. The van der Waals surface area contributed by atoms with E-state index in [-0.39, 0.29) is 11.7 Å². The van der Waals surface area contributed by atoms with Crippen molar-refractivity contribution >= 4 is 50.4 Å². The summed E-state index contributed by atoms with van der Waals surface area (Å²) in [5.74, 6) is 1.63. The lowest BCUT2D eigenvalue weighted by Gasteiger charge is -2.33. The van der Waals surface area contributed by atoms with Crippen LogP contribution in [0.5, 0.6) is 0 Å². The van der Waals surface area contributed by atoms with Crippen molar-refractivity contribution in [2.45, 2.75) is 26.2 Å². The summed E-state index contributed by atoms with van der Waals surface area (Å²) in [7, 11) is 0. The van der Waals surface area contributed by atoms with E-state index < -0.39 is 0 Å². The molecule has 0 aromatic carbocycles. The van der Waals surface area contributed by atoms with Crippen LogP contribution in [-0.2, 0) is 0 Å². The Morgan fingerprint density at radius 1 is 1.25 bits per heavy atom. The zero-order valence-electron chi connectivity index (χ0n) is 15.7. The van der Waals surface area contributed by atoms with Crippen molar-refractivity contribution in [3.05, 3.63) is 39.7 Å². The molecule has 1 N–H and O–H groups in total. The fourth-order valence-corrected chi connectivity index (χ4v) is 5.22. The maximum absolute atomic E-state index is 12.0. The third-order valence-corrected chi connectivity index (χ3v) is 7.23. The standard InChI is InChI=1S/C20H22N4O2S2/c1-13(25)17-11-15-18(28-17)19(23-12-22-15)24-8-5-14(6-9-24)4-7-21-20(26)16-3-2-10-27-16/h2-3,10-12,14H,4-9H2,1H3,(H,21,26). The average Bonchev–Trinajstić information content (AvgIpc) is 3.38. The van der Waals surface area contributed by atoms with Gasteiger partial charge < -0.3 is 10.2 Å². The van der Waals surface area contributed by atoms with Crippen molar-refractivity contribution in [3.63, 3.8) is 0 Å². The topological polar surface area (TPSA) is 75.2 Å². The van der Waals surface area contributed by atoms with Gasteiger partial charge in [0.05, 0.1) is 20.0 Å². The number of carbonyl (C=O) groups excluding carboxylic acids is 2. The van der Waals surface area contributed by atoms with E-state index in [1.165, 1.54) is 22.7 Å². The second-order valence-electron chi connectivity index (χ2n) is 7.03. The summed E-state index contributed by atoms with van der Waals surface area (Å²) in [6.07, 6.45) is 4.73. The van der Waals surface area contributed by atoms with Crippen LogP contribution in [0.2, 0.25) is 0 Å². The summed E-state index contributed by atoms with van der Waals surface area (Å²) in [6, 6.07) is 5.60. The van der Waals surface area contributed by atoms with Gasteiger partial charge in [-0.2, -0.15) is 0 Å². The van der Waals surface area contributed by atoms with Gasteiger partial charge in [-0.3, -0.25) is 9.59 Å². The van der Waals surface area contributed by atoms with Crippen molar-refractivity contribution in [3.8, 4) is 0 Å². The molecule has 1 fully saturated rings. The number of fused-ring (bicyclic) bond motifs is 1. The van der Waals surface area contributed by atoms with E-state index in [1.54, 1.807) is 13.3 Å². The van der Waals surface area contributed by atoms with Crippen LogP contribution in [0, 0.1) is 5.92 Å². The first-order valence-electron chi connectivity index (χ1n) is 9.44. The first-order valence-corrected chi connectivity index (χ1v) is 11.1. The van der Waals surface area contributed by atoms with Crippen molar-refractivity contribution in [1.29, 1.82) is 0 Å². The number of ketones is 1. The SMILES string of the molecule is CC(=O)c1cc2ncnc(N3CCC(CCNC(=O)c4cccs4)CC3)c2s1. The van der Waals surface area contributed by atoms with E-state index in [1.807, 2.05) is 23.6 Å². The lowest BCUT2D eigenvalue weighted by Crippen LogP contribution is -2.35. The summed E-state index contributed by atoms with van der Waals surface area (Å²) >= 11 is 2.95. The van der Waals surface area contributed by atoms with E-state index in [0.717, 1.165) is 58.1 Å². The summed E-state index contributed by atoms with van der Waals surface area (Å²) in [5.41, 5.74) is 0.846. The normalized spacial score (nSPS) is 15.1. The minimum atomic E-state index is 0.0229. The molecule has 6 nitrogen and oxygen atoms in total. The molecule has 1 amide bonds. The molecule has 0 aliphatic carbocycles. The lowest BCUT2D eigenvalue weighted by atomic mass is 9.93. The number of anilines is 1. The third-order valence-electron chi connectivity index (χ3n) is 5.14. The maximum Gasteiger partial charge on any atom is 0.261 e. The monoisotopic (exact) mass is 414 g/mol. The van der Waals surface area contributed by atoms with Crippen LogP contribution >= 0.6 is 22.7 Å². The highest BCUT2D eigenvalue weighted by Gasteiger charge is 2.23. The molecule has 0 unspecified atom stereocenters. The van der Waals surface area contributed by atoms with Crippen LogP contribution in [0.25, 0.3) is 10.2 Å². The number of piperidine rings is 1. The van der Waals surface area contributed by atoms with Gasteiger partial charge in [-0.1, -0.05) is 6.07 Å². The van der Waals surface area contributed by atoms with Gasteiger partial charge in [0, 0.05) is 19.6 Å². The van der Waals surface area contributed by atoms with Crippen LogP contribution < -0.4 is 10.2 Å². The fourth-order valence-electron chi connectivity index (χ4n) is 3.56. The number of rotatable bonds is 6. The largest absolute Gasteiger partial charge is 0.355 e. The molecule has 8 heteroatoms. The Labute approximate surface area is 171 Å². The Kier molecular flexibility index (Phi) is 5.68. The molecule has 146 valence electrons. The number of hydrogen-bond donors (Lipinski definition) is 1. The summed E-state index contributed by atoms with van der Waals surface area (Å²) < 4.78 is 0.995. The van der Waals surface area contributed by atoms with Gasteiger partial charge >= 0.3 is 0 Å². The molecule has 1 aliphatic rings. The first kappa shape index (κ1) is 19.0. The second-order valence-corrected chi connectivity index (χ2v) is 9.03. The van der Waals surface area contributed by atoms with Gasteiger partial charge in [-0.05, 0) is 49.6 Å². The Morgan fingerprint density at radius 2 is 2.07 bits per heavy atom. The molecule has 1 aliphatic heterocycles. The molecule has 0 saturated carbocycles. The molecular formula is C20H22N4O2S2. The summed E-state index contributed by atoms with van der Waals surface area (Å²) in [4.78, 5) is 36.3. The summed E-state index contributed by atoms with van der Waals surface area (Å²) in [5, 5.41) is 4.94. The number of nitrogens with zero attached hydrogens (tertiary/aromatic N) is 3. The van der Waals surface area contributed by atoms with E-state index >= 15 is 0 Å². The Hall–Kier alpha value is -2.32. The molecule has 1 saturated heterocycles. The maximum atomic E-state index is 12.0. The second kappa shape index (κ2) is 8.36. The van der Waals surface area contributed by atoms with Gasteiger partial charge in [-0.15, -0.1) is 22.7 Å². The zero-order valence-corrected chi connectivity index (χ0v) is 17.3. The molecule has 0 atom stereocenters. The zero-order chi connectivity index (χ0) is 19.5. The number of Topliss-reactive ketones (excluding diaryl/α,β-unsaturated/α-hetero) is 1. The van der Waals surface area contributed by atoms with Gasteiger partial charge in [0.2, 0.25) is 0 Å². The van der Waals surface area contributed by atoms with E-state index in [9.17, 15) is 9.59 Å². The van der Waals surface area contributed by atoms with Crippen molar-refractivity contribution in [2.75, 3.05) is 24.5 Å². The molecule has 0 radical (unpaired) electrons. The molecule has 28 heavy (non-hydrogen) atoms. The average molecular weight is 415 g/mol. The van der Waals surface area contributed by atoms with Gasteiger partial charge in [0.15, 0.2) is 5.78 Å². The number of thiophene rings is 2. The summed E-state index contributed by atoms with van der Waals surface area (Å²) in [6.45, 7) is 4.17. The predicted octanol–water partition coefficient (Wildman–Crippen LogP) is 3.99. The molecule has 3 aromatic rings. The van der Waals surface area contributed by atoms with Crippen molar-refractivity contribution < 1.29 is 9.59 Å². The number of aromatic nitrogens is 2. The lowest BCUT2D eigenvalue weighted by molar-refractivity contribution is 0.0953. The molecule has 3 aromatic heterocycles. The third kappa shape index (κ3) is 4.07. The molecular weight excluding hydrogens is 392 g/mol. The smallest absolute Gasteiger partial charge is 0.261 e. The Bertz CT molecular complexity index is 975. The highest BCUT2D eigenvalue weighted by molar-refractivity contribution is 7.21. The van der Waals surface area contributed by atoms with Crippen LogP contribution in [-0.4, -0.2) is 41.3 Å². The van der Waals surface area contributed by atoms with Crippen LogP contribution in [0.4, 0.5) is 5.82 Å². The quantitative estimate of drug-likeness (QED) is 0.617. The van der Waals surface area contributed by atoms with Gasteiger partial charge in [0.1, 0.15) is 12.1 Å². The number of carbonyl (C=O) groups is 2. The number of amides is 1. The van der Waals surface area contributed by atoms with Crippen molar-refractivity contribution in [1.82, 2.24) is 15.3 Å². The Morgan fingerprint density at radius 3 is 2.79 bits per heavy atom. The van der Waals surface area contributed by atoms with E-state index in [0.29, 0.717) is 12.5 Å². The van der Waals surface area contributed by atoms with Gasteiger partial charge in [-0.25, -0.2) is 9.97 Å². The van der Waals surface area contributed by atoms with Crippen LogP contribution in [0.3, 0.4) is 0 Å². The van der Waals surface area contributed by atoms with Crippen LogP contribution in [0.15, 0.2) is 29.9 Å². The first-order chi connectivity index (χ1) is 13.6. The number of hydrogen-bond acceptors (Lipinski definition) is 7. The van der Waals surface area contributed by atoms with E-state index in [2.05, 4.69) is 20.2 Å². The minimum absolute atomic E-state index is 0.0229. The van der Waals surface area contributed by atoms with E-state index in [4.69, 9.17) is 0 Å². The fraction of sp³-hybridized carbons (Fsp3) is 0.400. The minimum Gasteiger partial charge on any atom is -0.355 e. The molecule has 4 rings (SSSR count). The predicted molar refractivity (Wildman–Crippen MR) is 114 cm³/mol. The highest BCUT2D eigenvalue weighted by Crippen LogP contribution is 2.33. The highest BCUT2D eigenvalue weighted by atomic mass is 32.1. The van der Waals surface area contributed by atoms with Crippen LogP contribution in [0.1, 0.15) is 45.5 Å². The molecule has 4 heterocycles. The van der Waals surface area contributed by atoms with Gasteiger partial charge in [0.25, 0.3) is 5.91 Å². The molecule has 0 bridgehead atoms. The number of nitrogens with one attached hydrogen (secondary N) is 1. The van der Waals surface area contributed by atoms with Crippen molar-refractivity contribution in [2.24, 2.45) is 5.92 Å².